The largest absolute Gasteiger partial charge is 0.395 e. The van der Waals surface area contributed by atoms with Crippen molar-refractivity contribution in [3.8, 4) is 0 Å². The van der Waals surface area contributed by atoms with Crippen LogP contribution in [0, 0.1) is 0 Å². The van der Waals surface area contributed by atoms with E-state index < -0.39 is 0 Å². The van der Waals surface area contributed by atoms with E-state index >= 15 is 0 Å². The van der Waals surface area contributed by atoms with Crippen LogP contribution in [0.3, 0.4) is 0 Å². The summed E-state index contributed by atoms with van der Waals surface area (Å²) in [6.45, 7) is 0.602. The number of fused-ring (bicyclic) bond motifs is 1. The predicted octanol–water partition coefficient (Wildman–Crippen LogP) is 3.37. The topological polar surface area (TPSA) is 36.4 Å². The molecule has 0 radical (unpaired) electrons. The fraction of sp³-hybridized carbons (Fsp3) is 0.118. The number of para-hydroxylation sites is 1. The molecular weight excluding hydrogens is 248 g/mol. The molecule has 1 heterocycles. The molecule has 0 spiro atoms. The number of aliphatic hydroxyl groups is 1. The molecule has 0 bridgehead atoms. The Hall–Kier alpha value is -2.39. The average Bonchev–Trinajstić information content (AvgIpc) is 2.53. The number of hydrogen-bond donors (Lipinski definition) is 1. The molecule has 3 rings (SSSR count). The lowest BCUT2D eigenvalue weighted by molar-refractivity contribution is 0.305. The molecule has 0 amide bonds. The number of aromatic nitrogens is 1. The fourth-order valence-electron chi connectivity index (χ4n) is 2.38. The lowest BCUT2D eigenvalue weighted by Gasteiger charge is -2.24. The van der Waals surface area contributed by atoms with E-state index in [9.17, 15) is 5.11 Å². The van der Waals surface area contributed by atoms with Gasteiger partial charge in [0.15, 0.2) is 0 Å². The summed E-state index contributed by atoms with van der Waals surface area (Å²) in [5.74, 6) is 0.878. The van der Waals surface area contributed by atoms with Crippen LogP contribution in [0.4, 0.5) is 11.5 Å². The SMILES string of the molecule is OCCN(c1ccccc1)c1nccc2ccccc12. The molecule has 3 heteroatoms. The van der Waals surface area contributed by atoms with Crippen LogP contribution >= 0.6 is 0 Å². The number of aliphatic hydroxyl groups excluding tert-OH is 1. The monoisotopic (exact) mass is 264 g/mol. The minimum absolute atomic E-state index is 0.0831. The van der Waals surface area contributed by atoms with Crippen molar-refractivity contribution in [3.05, 3.63) is 66.9 Å². The van der Waals surface area contributed by atoms with Crippen LogP contribution in [0.2, 0.25) is 0 Å². The van der Waals surface area contributed by atoms with Gasteiger partial charge in [0.2, 0.25) is 0 Å². The maximum absolute atomic E-state index is 9.36. The third-order valence-electron chi connectivity index (χ3n) is 3.30. The van der Waals surface area contributed by atoms with Crippen molar-refractivity contribution in [2.45, 2.75) is 0 Å². The van der Waals surface area contributed by atoms with E-state index in [0.717, 1.165) is 22.3 Å². The molecule has 0 aliphatic heterocycles. The molecule has 0 saturated heterocycles. The van der Waals surface area contributed by atoms with Crippen LogP contribution in [-0.2, 0) is 0 Å². The van der Waals surface area contributed by atoms with E-state index in [1.54, 1.807) is 0 Å². The molecule has 1 aromatic heterocycles. The van der Waals surface area contributed by atoms with Crippen LogP contribution in [-0.4, -0.2) is 23.2 Å². The lowest BCUT2D eigenvalue weighted by Crippen LogP contribution is -2.22. The third-order valence-corrected chi connectivity index (χ3v) is 3.30. The first-order valence-electron chi connectivity index (χ1n) is 6.67. The molecule has 0 aliphatic rings. The molecule has 3 aromatic rings. The molecule has 3 nitrogen and oxygen atoms in total. The molecule has 2 aromatic carbocycles. The van der Waals surface area contributed by atoms with Crippen LogP contribution < -0.4 is 4.90 Å². The summed E-state index contributed by atoms with van der Waals surface area (Å²) in [6, 6.07) is 20.2. The molecule has 0 fully saturated rings. The van der Waals surface area contributed by atoms with E-state index in [4.69, 9.17) is 0 Å². The summed E-state index contributed by atoms with van der Waals surface area (Å²) >= 11 is 0. The average molecular weight is 264 g/mol. The second kappa shape index (κ2) is 5.72. The zero-order valence-electron chi connectivity index (χ0n) is 11.1. The Kier molecular flexibility index (Phi) is 3.61. The number of pyridine rings is 1. The second-order valence-electron chi connectivity index (χ2n) is 4.57. The van der Waals surface area contributed by atoms with Crippen molar-refractivity contribution in [2.75, 3.05) is 18.1 Å². The van der Waals surface area contributed by atoms with E-state index in [0.29, 0.717) is 6.54 Å². The Morgan fingerprint density at radius 3 is 2.45 bits per heavy atom. The van der Waals surface area contributed by atoms with Crippen molar-refractivity contribution < 1.29 is 5.11 Å². The van der Waals surface area contributed by atoms with Crippen molar-refractivity contribution >= 4 is 22.3 Å². The minimum Gasteiger partial charge on any atom is -0.395 e. The molecular formula is C17H16N2O. The van der Waals surface area contributed by atoms with Gasteiger partial charge in [-0.3, -0.25) is 0 Å². The Bertz CT molecular complexity index is 692. The summed E-state index contributed by atoms with van der Waals surface area (Å²) in [5, 5.41) is 11.6. The van der Waals surface area contributed by atoms with E-state index in [1.165, 1.54) is 0 Å². The van der Waals surface area contributed by atoms with Gasteiger partial charge in [-0.1, -0.05) is 42.5 Å². The highest BCUT2D eigenvalue weighted by atomic mass is 16.3. The Labute approximate surface area is 118 Å². The van der Waals surface area contributed by atoms with Gasteiger partial charge < -0.3 is 10.0 Å². The number of anilines is 2. The van der Waals surface area contributed by atoms with Gasteiger partial charge in [-0.25, -0.2) is 4.98 Å². The highest BCUT2D eigenvalue weighted by Gasteiger charge is 2.12. The Balaban J connectivity index is 2.15. The summed E-state index contributed by atoms with van der Waals surface area (Å²) in [5.41, 5.74) is 1.03. The van der Waals surface area contributed by atoms with E-state index in [2.05, 4.69) is 17.1 Å². The maximum Gasteiger partial charge on any atom is 0.140 e. The zero-order valence-corrected chi connectivity index (χ0v) is 11.1. The predicted molar refractivity (Wildman–Crippen MR) is 82.3 cm³/mol. The second-order valence-corrected chi connectivity index (χ2v) is 4.57. The van der Waals surface area contributed by atoms with Gasteiger partial charge in [0.1, 0.15) is 5.82 Å². The smallest absolute Gasteiger partial charge is 0.140 e. The van der Waals surface area contributed by atoms with Gasteiger partial charge in [0.05, 0.1) is 6.61 Å². The summed E-state index contributed by atoms with van der Waals surface area (Å²) in [4.78, 5) is 6.56. The minimum atomic E-state index is 0.0831. The number of nitrogens with zero attached hydrogens (tertiary/aromatic N) is 2. The van der Waals surface area contributed by atoms with Crippen molar-refractivity contribution in [1.82, 2.24) is 4.98 Å². The quantitative estimate of drug-likeness (QED) is 0.785. The van der Waals surface area contributed by atoms with Crippen molar-refractivity contribution in [3.63, 3.8) is 0 Å². The van der Waals surface area contributed by atoms with Crippen LogP contribution in [0.1, 0.15) is 0 Å². The van der Waals surface area contributed by atoms with Crippen LogP contribution in [0.15, 0.2) is 66.9 Å². The first kappa shape index (κ1) is 12.6. The number of rotatable bonds is 4. The standard InChI is InChI=1S/C17H16N2O/c20-13-12-19(15-7-2-1-3-8-15)17-16-9-5-4-6-14(16)10-11-18-17/h1-11,20H,12-13H2. The summed E-state index contributed by atoms with van der Waals surface area (Å²) < 4.78 is 0. The van der Waals surface area contributed by atoms with Crippen molar-refractivity contribution in [1.29, 1.82) is 0 Å². The van der Waals surface area contributed by atoms with Gasteiger partial charge >= 0.3 is 0 Å². The fourth-order valence-corrected chi connectivity index (χ4v) is 2.38. The van der Waals surface area contributed by atoms with Gasteiger partial charge in [-0.2, -0.15) is 0 Å². The normalized spacial score (nSPS) is 10.7. The lowest BCUT2D eigenvalue weighted by atomic mass is 10.1. The highest BCUT2D eigenvalue weighted by Crippen LogP contribution is 2.29. The molecule has 0 saturated carbocycles. The van der Waals surface area contributed by atoms with Crippen molar-refractivity contribution in [2.24, 2.45) is 0 Å². The zero-order chi connectivity index (χ0) is 13.8. The van der Waals surface area contributed by atoms with Gasteiger partial charge in [-0.05, 0) is 23.6 Å². The first-order valence-corrected chi connectivity index (χ1v) is 6.67. The maximum atomic E-state index is 9.36. The van der Waals surface area contributed by atoms with Gasteiger partial charge in [0, 0.05) is 23.8 Å². The first-order chi connectivity index (χ1) is 9.90. The van der Waals surface area contributed by atoms with E-state index in [1.807, 2.05) is 59.6 Å². The van der Waals surface area contributed by atoms with Gasteiger partial charge in [-0.15, -0.1) is 0 Å². The molecule has 0 aliphatic carbocycles. The molecule has 0 atom stereocenters. The van der Waals surface area contributed by atoms with E-state index in [-0.39, 0.29) is 6.61 Å². The summed E-state index contributed by atoms with van der Waals surface area (Å²) in [6.07, 6.45) is 1.81. The number of hydrogen-bond acceptors (Lipinski definition) is 3. The molecule has 1 N–H and O–H groups in total. The molecule has 100 valence electrons. The van der Waals surface area contributed by atoms with Crippen LogP contribution in [0.25, 0.3) is 10.8 Å². The Morgan fingerprint density at radius 1 is 0.900 bits per heavy atom. The molecule has 20 heavy (non-hydrogen) atoms. The summed E-state index contributed by atoms with van der Waals surface area (Å²) in [7, 11) is 0. The number of benzene rings is 2. The third kappa shape index (κ3) is 2.36. The highest BCUT2D eigenvalue weighted by molar-refractivity contribution is 5.93. The Morgan fingerprint density at radius 2 is 1.65 bits per heavy atom. The van der Waals surface area contributed by atoms with Gasteiger partial charge in [0.25, 0.3) is 0 Å². The molecule has 0 unspecified atom stereocenters. The van der Waals surface area contributed by atoms with Crippen LogP contribution in [0.5, 0.6) is 0 Å².